The van der Waals surface area contributed by atoms with E-state index in [2.05, 4.69) is 15.3 Å². The molecule has 0 bridgehead atoms. The Morgan fingerprint density at radius 2 is 2.12 bits per heavy atom. The summed E-state index contributed by atoms with van der Waals surface area (Å²) in [6.07, 6.45) is -0.519. The first-order chi connectivity index (χ1) is 11.7. The number of para-hydroxylation sites is 2. The first-order valence-corrected chi connectivity index (χ1v) is 7.70. The molecule has 0 spiro atoms. The van der Waals surface area contributed by atoms with E-state index in [1.54, 1.807) is 18.2 Å². The molecule has 7 heteroatoms. The number of phenols is 1. The number of aromatic nitrogens is 2. The highest BCUT2D eigenvalue weighted by atomic mass is 16.5. The zero-order valence-corrected chi connectivity index (χ0v) is 13.1. The van der Waals surface area contributed by atoms with Crippen molar-refractivity contribution in [2.45, 2.75) is 13.1 Å². The number of nitrogens with one attached hydrogen (secondary N) is 1. The highest BCUT2D eigenvalue weighted by Crippen LogP contribution is 2.37. The van der Waals surface area contributed by atoms with E-state index in [9.17, 15) is 5.11 Å². The Balaban J connectivity index is 1.92. The minimum absolute atomic E-state index is 0.130. The van der Waals surface area contributed by atoms with Gasteiger partial charge in [0.25, 0.3) is 0 Å². The number of hydrogen-bond donors (Lipinski definition) is 3. The number of ether oxygens (including phenoxy) is 1. The topological polar surface area (TPSA) is 97.7 Å². The smallest absolute Gasteiger partial charge is 0.212 e. The molecule has 4 N–H and O–H groups in total. The Morgan fingerprint density at radius 3 is 2.96 bits per heavy atom. The Kier molecular flexibility index (Phi) is 3.26. The molecule has 122 valence electrons. The Labute approximate surface area is 138 Å². The van der Waals surface area contributed by atoms with Crippen LogP contribution in [0.5, 0.6) is 11.5 Å². The summed E-state index contributed by atoms with van der Waals surface area (Å²) < 4.78 is 7.46. The molecule has 2 aromatic carbocycles. The van der Waals surface area contributed by atoms with Crippen molar-refractivity contribution in [1.82, 2.24) is 9.55 Å². The normalized spacial score (nSPS) is 16.4. The van der Waals surface area contributed by atoms with Crippen LogP contribution in [-0.2, 0) is 0 Å². The maximum Gasteiger partial charge on any atom is 0.212 e. The summed E-state index contributed by atoms with van der Waals surface area (Å²) in [5, 5.41) is 13.3. The molecule has 2 heterocycles. The molecular weight excluding hydrogens is 306 g/mol. The van der Waals surface area contributed by atoms with Crippen LogP contribution < -0.4 is 15.8 Å². The predicted molar refractivity (Wildman–Crippen MR) is 92.4 cm³/mol. The predicted octanol–water partition coefficient (Wildman–Crippen LogP) is 2.43. The van der Waals surface area contributed by atoms with Crippen molar-refractivity contribution in [3.8, 4) is 11.5 Å². The molecule has 0 amide bonds. The van der Waals surface area contributed by atoms with Crippen LogP contribution in [-0.4, -0.2) is 27.2 Å². The van der Waals surface area contributed by atoms with Gasteiger partial charge in [0.15, 0.2) is 12.1 Å². The Hall–Kier alpha value is -3.22. The molecule has 4 rings (SSSR count). The lowest BCUT2D eigenvalue weighted by molar-refractivity contribution is 0.338. The summed E-state index contributed by atoms with van der Waals surface area (Å²) in [7, 11) is 0. The number of nitrogens with two attached hydrogens (primary N) is 1. The number of rotatable bonds is 3. The summed E-state index contributed by atoms with van der Waals surface area (Å²) in [4.78, 5) is 9.01. The van der Waals surface area contributed by atoms with Crippen LogP contribution in [0.15, 0.2) is 47.5 Å². The van der Waals surface area contributed by atoms with E-state index in [0.29, 0.717) is 23.9 Å². The van der Waals surface area contributed by atoms with Gasteiger partial charge in [-0.2, -0.15) is 0 Å². The van der Waals surface area contributed by atoms with Crippen LogP contribution in [0.1, 0.15) is 18.7 Å². The van der Waals surface area contributed by atoms with Gasteiger partial charge in [-0.3, -0.25) is 9.88 Å². The molecule has 0 saturated carbocycles. The highest BCUT2D eigenvalue weighted by Gasteiger charge is 2.27. The number of benzene rings is 2. The third-order valence-corrected chi connectivity index (χ3v) is 3.93. The summed E-state index contributed by atoms with van der Waals surface area (Å²) in [5.74, 6) is 1.65. The van der Waals surface area contributed by atoms with Gasteiger partial charge in [-0.05, 0) is 37.3 Å². The average molecular weight is 323 g/mol. The van der Waals surface area contributed by atoms with E-state index in [1.165, 1.54) is 0 Å². The molecule has 0 fully saturated rings. The number of nitrogens with zero attached hydrogens (tertiary/aromatic N) is 3. The lowest BCUT2D eigenvalue weighted by Crippen LogP contribution is -2.31. The van der Waals surface area contributed by atoms with Gasteiger partial charge in [0, 0.05) is 5.56 Å². The maximum atomic E-state index is 10.4. The number of guanidine groups is 1. The molecule has 7 nitrogen and oxygen atoms in total. The van der Waals surface area contributed by atoms with Crippen LogP contribution in [0, 0.1) is 0 Å². The van der Waals surface area contributed by atoms with Gasteiger partial charge in [-0.25, -0.2) is 9.98 Å². The molecular formula is C17H17N5O2. The fraction of sp³-hybridized carbons (Fsp3) is 0.176. The van der Waals surface area contributed by atoms with Crippen molar-refractivity contribution in [3.63, 3.8) is 0 Å². The van der Waals surface area contributed by atoms with Gasteiger partial charge in [0.1, 0.15) is 11.5 Å². The van der Waals surface area contributed by atoms with E-state index >= 15 is 0 Å². The van der Waals surface area contributed by atoms with Crippen LogP contribution >= 0.6 is 0 Å². The fourth-order valence-corrected chi connectivity index (χ4v) is 2.92. The zero-order valence-electron chi connectivity index (χ0n) is 13.1. The molecule has 0 saturated heterocycles. The molecule has 0 aliphatic carbocycles. The molecule has 1 aliphatic rings. The quantitative estimate of drug-likeness (QED) is 0.688. The second-order valence-corrected chi connectivity index (χ2v) is 5.46. The SMILES string of the molecule is CCOc1ccc(O)c([C@@H]2N=C(N)Nc3nc4ccccc4n32)c1. The molecule has 1 atom stereocenters. The van der Waals surface area contributed by atoms with Crippen LogP contribution in [0.4, 0.5) is 5.95 Å². The number of aliphatic imine (C=N–C) groups is 1. The second-order valence-electron chi connectivity index (χ2n) is 5.46. The van der Waals surface area contributed by atoms with Crippen molar-refractivity contribution in [1.29, 1.82) is 0 Å². The van der Waals surface area contributed by atoms with Crippen molar-refractivity contribution in [2.75, 3.05) is 11.9 Å². The first-order valence-electron chi connectivity index (χ1n) is 7.70. The van der Waals surface area contributed by atoms with Crippen molar-refractivity contribution in [2.24, 2.45) is 10.7 Å². The number of anilines is 1. The monoisotopic (exact) mass is 323 g/mol. The number of aromatic hydroxyl groups is 1. The number of imidazole rings is 1. The maximum absolute atomic E-state index is 10.4. The van der Waals surface area contributed by atoms with E-state index in [-0.39, 0.29) is 11.7 Å². The van der Waals surface area contributed by atoms with Gasteiger partial charge in [-0.15, -0.1) is 0 Å². The van der Waals surface area contributed by atoms with E-state index in [4.69, 9.17) is 10.5 Å². The lowest BCUT2D eigenvalue weighted by Gasteiger charge is -2.24. The zero-order chi connectivity index (χ0) is 16.7. The third-order valence-electron chi connectivity index (χ3n) is 3.93. The number of fused-ring (bicyclic) bond motifs is 3. The Morgan fingerprint density at radius 1 is 1.29 bits per heavy atom. The van der Waals surface area contributed by atoms with E-state index < -0.39 is 6.17 Å². The van der Waals surface area contributed by atoms with E-state index in [1.807, 2.05) is 35.8 Å². The Bertz CT molecular complexity index is 947. The lowest BCUT2D eigenvalue weighted by atomic mass is 10.1. The van der Waals surface area contributed by atoms with Crippen molar-refractivity contribution in [3.05, 3.63) is 48.0 Å². The third kappa shape index (κ3) is 2.21. The molecule has 24 heavy (non-hydrogen) atoms. The van der Waals surface area contributed by atoms with Gasteiger partial charge in [0.05, 0.1) is 17.6 Å². The highest BCUT2D eigenvalue weighted by molar-refractivity contribution is 5.94. The number of hydrogen-bond acceptors (Lipinski definition) is 6. The average Bonchev–Trinajstić information content (AvgIpc) is 2.94. The van der Waals surface area contributed by atoms with Gasteiger partial charge in [0.2, 0.25) is 5.95 Å². The van der Waals surface area contributed by atoms with Crippen LogP contribution in [0.3, 0.4) is 0 Å². The van der Waals surface area contributed by atoms with Gasteiger partial charge >= 0.3 is 0 Å². The van der Waals surface area contributed by atoms with Crippen molar-refractivity contribution >= 4 is 22.9 Å². The molecule has 3 aromatic rings. The first kappa shape index (κ1) is 14.4. The van der Waals surface area contributed by atoms with Crippen LogP contribution in [0.25, 0.3) is 11.0 Å². The van der Waals surface area contributed by atoms with E-state index in [0.717, 1.165) is 11.0 Å². The molecule has 0 unspecified atom stereocenters. The van der Waals surface area contributed by atoms with Gasteiger partial charge < -0.3 is 15.6 Å². The van der Waals surface area contributed by atoms with Gasteiger partial charge in [-0.1, -0.05) is 12.1 Å². The number of phenolic OH excluding ortho intramolecular Hbond substituents is 1. The summed E-state index contributed by atoms with van der Waals surface area (Å²) in [6.45, 7) is 2.45. The van der Waals surface area contributed by atoms with Crippen molar-refractivity contribution < 1.29 is 9.84 Å². The molecule has 1 aliphatic heterocycles. The standard InChI is InChI=1S/C17H17N5O2/c1-2-24-10-7-8-14(23)11(9-10)15-20-16(18)21-17-19-12-5-3-4-6-13(12)22(15)17/h3-9,15,23H,2H2,1H3,(H3,18,19,20,21)/t15-/m1/s1. The van der Waals surface area contributed by atoms with Crippen LogP contribution in [0.2, 0.25) is 0 Å². The summed E-state index contributed by atoms with van der Waals surface area (Å²) in [5.41, 5.74) is 8.26. The minimum atomic E-state index is -0.519. The summed E-state index contributed by atoms with van der Waals surface area (Å²) in [6, 6.07) is 12.9. The fourth-order valence-electron chi connectivity index (χ4n) is 2.92. The molecule has 1 aromatic heterocycles. The second kappa shape index (κ2) is 5.45. The minimum Gasteiger partial charge on any atom is -0.508 e. The molecule has 0 radical (unpaired) electrons. The largest absolute Gasteiger partial charge is 0.508 e. The summed E-state index contributed by atoms with van der Waals surface area (Å²) >= 11 is 0.